The Bertz CT molecular complexity index is 674. The minimum Gasteiger partial charge on any atom is -0.497 e. The summed E-state index contributed by atoms with van der Waals surface area (Å²) < 4.78 is 5.26. The molecule has 6 heteroatoms. The van der Waals surface area contributed by atoms with Crippen molar-refractivity contribution in [3.8, 4) is 5.75 Å². The Kier molecular flexibility index (Phi) is 5.48. The number of hydrogen-bond acceptors (Lipinski definition) is 6. The van der Waals surface area contributed by atoms with Gasteiger partial charge in [-0.2, -0.15) is 4.98 Å². The van der Waals surface area contributed by atoms with Gasteiger partial charge in [0.15, 0.2) is 0 Å². The summed E-state index contributed by atoms with van der Waals surface area (Å²) in [4.78, 5) is 9.11. The summed E-state index contributed by atoms with van der Waals surface area (Å²) in [5.74, 6) is 2.85. The molecule has 3 rings (SSSR count). The summed E-state index contributed by atoms with van der Waals surface area (Å²) in [6.45, 7) is 1.50. The predicted octanol–water partition coefficient (Wildman–Crippen LogP) is 2.77. The zero-order chi connectivity index (χ0) is 16.8. The number of ether oxygens (including phenoxy) is 1. The number of benzene rings is 1. The summed E-state index contributed by atoms with van der Waals surface area (Å²) in [5.41, 5.74) is 2.22. The van der Waals surface area contributed by atoms with Crippen LogP contribution in [0.4, 0.5) is 11.8 Å². The number of nitrogens with one attached hydrogen (secondary N) is 2. The number of nitrogens with zero attached hydrogens (tertiary/aromatic N) is 2. The average Bonchev–Trinajstić information content (AvgIpc) is 3.45. The van der Waals surface area contributed by atoms with Gasteiger partial charge in [0.1, 0.15) is 11.6 Å². The number of rotatable bonds is 9. The molecule has 2 aromatic rings. The zero-order valence-corrected chi connectivity index (χ0v) is 14.0. The number of anilines is 2. The molecule has 1 heterocycles. The summed E-state index contributed by atoms with van der Waals surface area (Å²) in [7, 11) is 1.67. The third-order valence-electron chi connectivity index (χ3n) is 3.97. The van der Waals surface area contributed by atoms with E-state index in [1.54, 1.807) is 7.11 Å². The second kappa shape index (κ2) is 7.97. The van der Waals surface area contributed by atoms with Crippen molar-refractivity contribution < 1.29 is 9.84 Å². The Labute approximate surface area is 142 Å². The molecule has 1 fully saturated rings. The Hall–Kier alpha value is -2.34. The van der Waals surface area contributed by atoms with E-state index in [1.807, 2.05) is 24.3 Å². The molecule has 3 N–H and O–H groups in total. The molecule has 1 aromatic heterocycles. The smallest absolute Gasteiger partial charge is 0.224 e. The lowest BCUT2D eigenvalue weighted by Crippen LogP contribution is -2.10. The molecule has 0 amide bonds. The van der Waals surface area contributed by atoms with Crippen molar-refractivity contribution in [3.63, 3.8) is 0 Å². The van der Waals surface area contributed by atoms with Gasteiger partial charge in [-0.05, 0) is 37.0 Å². The normalized spacial score (nSPS) is 13.6. The van der Waals surface area contributed by atoms with E-state index < -0.39 is 0 Å². The van der Waals surface area contributed by atoms with Crippen LogP contribution in [0.25, 0.3) is 0 Å². The summed E-state index contributed by atoms with van der Waals surface area (Å²) in [6, 6.07) is 10.0. The van der Waals surface area contributed by atoms with Crippen molar-refractivity contribution in [1.29, 1.82) is 0 Å². The number of aliphatic hydroxyl groups excluding tert-OH is 1. The largest absolute Gasteiger partial charge is 0.497 e. The molecule has 1 aliphatic carbocycles. The molecule has 1 saturated carbocycles. The first-order valence-corrected chi connectivity index (χ1v) is 8.39. The van der Waals surface area contributed by atoms with Crippen LogP contribution in [0.2, 0.25) is 0 Å². The lowest BCUT2D eigenvalue weighted by Gasteiger charge is -2.11. The summed E-state index contributed by atoms with van der Waals surface area (Å²) in [5, 5.41) is 15.5. The lowest BCUT2D eigenvalue weighted by atomic mass is 10.2. The van der Waals surface area contributed by atoms with Gasteiger partial charge in [0.2, 0.25) is 5.95 Å². The third-order valence-corrected chi connectivity index (χ3v) is 3.97. The molecule has 128 valence electrons. The lowest BCUT2D eigenvalue weighted by molar-refractivity contribution is 0.292. The fraction of sp³-hybridized carbons (Fsp3) is 0.444. The first-order chi connectivity index (χ1) is 11.8. The molecule has 0 atom stereocenters. The standard InChI is InChI=1S/C18H24N4O2/c1-24-15-5-2-4-13(10-15)12-20-17-11-16(14-6-7-14)21-18(22-17)19-8-3-9-23/h2,4-5,10-11,14,23H,3,6-9,12H2,1H3,(H2,19,20,21,22). The van der Waals surface area contributed by atoms with Gasteiger partial charge in [0, 0.05) is 31.7 Å². The third kappa shape index (κ3) is 4.58. The molecule has 1 aromatic carbocycles. The van der Waals surface area contributed by atoms with Crippen molar-refractivity contribution in [1.82, 2.24) is 9.97 Å². The van der Waals surface area contributed by atoms with Gasteiger partial charge in [-0.15, -0.1) is 0 Å². The predicted molar refractivity (Wildman–Crippen MR) is 94.5 cm³/mol. The van der Waals surface area contributed by atoms with Gasteiger partial charge >= 0.3 is 0 Å². The van der Waals surface area contributed by atoms with E-state index in [9.17, 15) is 0 Å². The Morgan fingerprint density at radius 1 is 1.21 bits per heavy atom. The number of aliphatic hydroxyl groups is 1. The molecule has 0 aliphatic heterocycles. The molecule has 1 aliphatic rings. The topological polar surface area (TPSA) is 79.3 Å². The van der Waals surface area contributed by atoms with Crippen LogP contribution in [-0.2, 0) is 6.54 Å². The summed E-state index contributed by atoms with van der Waals surface area (Å²) in [6.07, 6.45) is 3.08. The fourth-order valence-corrected chi connectivity index (χ4v) is 2.48. The van der Waals surface area contributed by atoms with Gasteiger partial charge in [0.25, 0.3) is 0 Å². The second-order valence-electron chi connectivity index (χ2n) is 5.98. The van der Waals surface area contributed by atoms with Gasteiger partial charge < -0.3 is 20.5 Å². The number of methoxy groups -OCH3 is 1. The van der Waals surface area contributed by atoms with E-state index in [1.165, 1.54) is 12.8 Å². The molecule has 0 radical (unpaired) electrons. The summed E-state index contributed by atoms with van der Waals surface area (Å²) >= 11 is 0. The average molecular weight is 328 g/mol. The van der Waals surface area contributed by atoms with Crippen LogP contribution in [-0.4, -0.2) is 35.3 Å². The van der Waals surface area contributed by atoms with Crippen LogP contribution in [0.1, 0.15) is 36.4 Å². The monoisotopic (exact) mass is 328 g/mol. The van der Waals surface area contributed by atoms with Gasteiger partial charge in [-0.25, -0.2) is 4.98 Å². The van der Waals surface area contributed by atoms with Crippen LogP contribution in [0.3, 0.4) is 0 Å². The van der Waals surface area contributed by atoms with Crippen LogP contribution >= 0.6 is 0 Å². The van der Waals surface area contributed by atoms with E-state index in [-0.39, 0.29) is 6.61 Å². The molecule has 6 nitrogen and oxygen atoms in total. The maximum atomic E-state index is 8.90. The van der Waals surface area contributed by atoms with Crippen molar-refractivity contribution in [2.75, 3.05) is 30.9 Å². The fourth-order valence-electron chi connectivity index (χ4n) is 2.48. The Morgan fingerprint density at radius 3 is 2.83 bits per heavy atom. The first-order valence-electron chi connectivity index (χ1n) is 8.39. The SMILES string of the molecule is COc1cccc(CNc2cc(C3CC3)nc(NCCCO)n2)c1. The first kappa shape index (κ1) is 16.5. The highest BCUT2D eigenvalue weighted by molar-refractivity contribution is 5.45. The van der Waals surface area contributed by atoms with Gasteiger partial charge in [-0.1, -0.05) is 12.1 Å². The maximum absolute atomic E-state index is 8.90. The highest BCUT2D eigenvalue weighted by Crippen LogP contribution is 2.39. The highest BCUT2D eigenvalue weighted by Gasteiger charge is 2.26. The molecule has 0 spiro atoms. The van der Waals surface area contributed by atoms with E-state index in [0.29, 0.717) is 31.4 Å². The van der Waals surface area contributed by atoms with Gasteiger partial charge in [0.05, 0.1) is 12.8 Å². The second-order valence-corrected chi connectivity index (χ2v) is 5.98. The van der Waals surface area contributed by atoms with Crippen LogP contribution in [0.15, 0.2) is 30.3 Å². The molecule has 0 bridgehead atoms. The number of hydrogen-bond donors (Lipinski definition) is 3. The van der Waals surface area contributed by atoms with Gasteiger partial charge in [-0.3, -0.25) is 0 Å². The van der Waals surface area contributed by atoms with Crippen molar-refractivity contribution in [2.45, 2.75) is 31.7 Å². The number of aromatic nitrogens is 2. The Balaban J connectivity index is 1.68. The highest BCUT2D eigenvalue weighted by atomic mass is 16.5. The quantitative estimate of drug-likeness (QED) is 0.614. The van der Waals surface area contributed by atoms with Crippen molar-refractivity contribution >= 4 is 11.8 Å². The molecular weight excluding hydrogens is 304 g/mol. The van der Waals surface area contributed by atoms with Crippen molar-refractivity contribution in [2.24, 2.45) is 0 Å². The zero-order valence-electron chi connectivity index (χ0n) is 14.0. The molecular formula is C18H24N4O2. The minimum absolute atomic E-state index is 0.163. The van der Waals surface area contributed by atoms with Crippen LogP contribution < -0.4 is 15.4 Å². The minimum atomic E-state index is 0.163. The van der Waals surface area contributed by atoms with Crippen molar-refractivity contribution in [3.05, 3.63) is 41.6 Å². The van der Waals surface area contributed by atoms with E-state index in [4.69, 9.17) is 9.84 Å². The Morgan fingerprint density at radius 2 is 2.08 bits per heavy atom. The molecule has 0 saturated heterocycles. The van der Waals surface area contributed by atoms with E-state index >= 15 is 0 Å². The van der Waals surface area contributed by atoms with Crippen LogP contribution in [0, 0.1) is 0 Å². The van der Waals surface area contributed by atoms with Crippen LogP contribution in [0.5, 0.6) is 5.75 Å². The van der Waals surface area contributed by atoms with E-state index in [0.717, 1.165) is 22.8 Å². The maximum Gasteiger partial charge on any atom is 0.224 e. The molecule has 0 unspecified atom stereocenters. The molecule has 24 heavy (non-hydrogen) atoms. The van der Waals surface area contributed by atoms with E-state index in [2.05, 4.69) is 26.7 Å².